The Labute approximate surface area is 127 Å². The molecule has 0 amide bonds. The molecule has 0 spiro atoms. The summed E-state index contributed by atoms with van der Waals surface area (Å²) < 4.78 is 1.13. The van der Waals surface area contributed by atoms with Gasteiger partial charge in [-0.05, 0) is 42.3 Å². The average molecular weight is 327 g/mol. The van der Waals surface area contributed by atoms with Crippen LogP contribution in [-0.2, 0) is 6.54 Å². The number of nitrogens with one attached hydrogen (secondary N) is 1. The lowest BCUT2D eigenvalue weighted by atomic mass is 10.1. The number of fused-ring (bicyclic) bond motifs is 1. The second-order valence-corrected chi connectivity index (χ2v) is 5.61. The number of para-hydroxylation sites is 1. The number of aromatic nitrogens is 1. The molecule has 0 fully saturated rings. The topological polar surface area (TPSA) is 24.9 Å². The molecule has 0 saturated heterocycles. The van der Waals surface area contributed by atoms with E-state index in [2.05, 4.69) is 63.5 Å². The van der Waals surface area contributed by atoms with Crippen LogP contribution < -0.4 is 5.32 Å². The summed E-state index contributed by atoms with van der Waals surface area (Å²) in [5.74, 6) is 0. The lowest BCUT2D eigenvalue weighted by Crippen LogP contribution is -2.02. The van der Waals surface area contributed by atoms with E-state index in [-0.39, 0.29) is 0 Å². The maximum atomic E-state index is 4.39. The van der Waals surface area contributed by atoms with Crippen molar-refractivity contribution in [1.82, 2.24) is 4.98 Å². The van der Waals surface area contributed by atoms with E-state index in [0.717, 1.165) is 22.2 Å². The summed E-state index contributed by atoms with van der Waals surface area (Å²) in [6, 6.07) is 16.5. The van der Waals surface area contributed by atoms with Gasteiger partial charge in [0.15, 0.2) is 0 Å². The number of halogens is 1. The Morgan fingerprint density at radius 2 is 1.90 bits per heavy atom. The van der Waals surface area contributed by atoms with E-state index in [0.29, 0.717) is 0 Å². The molecule has 3 heteroatoms. The molecule has 2 aromatic carbocycles. The highest BCUT2D eigenvalue weighted by Crippen LogP contribution is 2.24. The fraction of sp³-hybridized carbons (Fsp3) is 0.118. The molecule has 0 radical (unpaired) electrons. The van der Waals surface area contributed by atoms with Gasteiger partial charge in [0.25, 0.3) is 0 Å². The van der Waals surface area contributed by atoms with Crippen LogP contribution in [0.25, 0.3) is 10.9 Å². The number of nitrogens with zero attached hydrogens (tertiary/aromatic N) is 1. The lowest BCUT2D eigenvalue weighted by Gasteiger charge is -2.12. The number of anilines is 1. The van der Waals surface area contributed by atoms with Gasteiger partial charge in [0.05, 0.1) is 5.52 Å². The molecule has 0 aliphatic carbocycles. The second-order valence-electron chi connectivity index (χ2n) is 4.75. The Kier molecular flexibility index (Phi) is 3.70. The molecule has 1 heterocycles. The van der Waals surface area contributed by atoms with Crippen LogP contribution in [0.4, 0.5) is 5.69 Å². The van der Waals surface area contributed by atoms with Crippen molar-refractivity contribution >= 4 is 32.5 Å². The largest absolute Gasteiger partial charge is 0.381 e. The van der Waals surface area contributed by atoms with Gasteiger partial charge in [-0.25, -0.2) is 0 Å². The summed E-state index contributed by atoms with van der Waals surface area (Å²) in [4.78, 5) is 4.39. The highest BCUT2D eigenvalue weighted by molar-refractivity contribution is 9.10. The maximum absolute atomic E-state index is 4.39. The molecule has 0 aliphatic rings. The van der Waals surface area contributed by atoms with Gasteiger partial charge in [0, 0.05) is 28.3 Å². The molecule has 20 heavy (non-hydrogen) atoms. The summed E-state index contributed by atoms with van der Waals surface area (Å²) >= 11 is 3.56. The van der Waals surface area contributed by atoms with E-state index in [4.69, 9.17) is 0 Å². The van der Waals surface area contributed by atoms with E-state index in [1.165, 1.54) is 16.5 Å². The van der Waals surface area contributed by atoms with E-state index in [1.807, 2.05) is 24.4 Å². The Morgan fingerprint density at radius 1 is 1.05 bits per heavy atom. The van der Waals surface area contributed by atoms with Crippen molar-refractivity contribution in [2.45, 2.75) is 13.5 Å². The van der Waals surface area contributed by atoms with Crippen LogP contribution in [-0.4, -0.2) is 4.98 Å². The SMILES string of the molecule is Cc1c(Br)cccc1NCc1ccnc2ccccc12. The zero-order valence-corrected chi connectivity index (χ0v) is 12.8. The molecule has 3 aromatic rings. The summed E-state index contributed by atoms with van der Waals surface area (Å²) in [6.45, 7) is 2.90. The normalized spacial score (nSPS) is 10.7. The van der Waals surface area contributed by atoms with Gasteiger partial charge < -0.3 is 5.32 Å². The predicted molar refractivity (Wildman–Crippen MR) is 87.9 cm³/mol. The van der Waals surface area contributed by atoms with Crippen molar-refractivity contribution in [2.24, 2.45) is 0 Å². The number of hydrogen-bond acceptors (Lipinski definition) is 2. The summed E-state index contributed by atoms with van der Waals surface area (Å²) in [7, 11) is 0. The van der Waals surface area contributed by atoms with Crippen LogP contribution in [0.5, 0.6) is 0 Å². The highest BCUT2D eigenvalue weighted by atomic mass is 79.9. The average Bonchev–Trinajstić information content (AvgIpc) is 2.49. The fourth-order valence-electron chi connectivity index (χ4n) is 2.30. The molecule has 0 bridgehead atoms. The van der Waals surface area contributed by atoms with Crippen molar-refractivity contribution in [3.05, 3.63) is 70.3 Å². The van der Waals surface area contributed by atoms with Gasteiger partial charge >= 0.3 is 0 Å². The Balaban J connectivity index is 1.89. The van der Waals surface area contributed by atoms with Gasteiger partial charge in [-0.1, -0.05) is 40.2 Å². The quantitative estimate of drug-likeness (QED) is 0.739. The van der Waals surface area contributed by atoms with Crippen LogP contribution in [0.1, 0.15) is 11.1 Å². The first kappa shape index (κ1) is 13.1. The summed E-state index contributed by atoms with van der Waals surface area (Å²) in [5.41, 5.74) is 4.68. The van der Waals surface area contributed by atoms with Crippen LogP contribution in [0.2, 0.25) is 0 Å². The predicted octanol–water partition coefficient (Wildman–Crippen LogP) is 4.92. The molecular formula is C17H15BrN2. The van der Waals surface area contributed by atoms with Crippen LogP contribution in [0.3, 0.4) is 0 Å². The summed E-state index contributed by atoms with van der Waals surface area (Å²) in [5, 5.41) is 4.71. The standard InChI is InChI=1S/C17H15BrN2/c1-12-15(18)6-4-8-16(12)20-11-13-9-10-19-17-7-3-2-5-14(13)17/h2-10,20H,11H2,1H3. The first-order valence-corrected chi connectivity index (χ1v) is 7.36. The number of hydrogen-bond donors (Lipinski definition) is 1. The zero-order valence-electron chi connectivity index (χ0n) is 11.2. The molecule has 0 atom stereocenters. The van der Waals surface area contributed by atoms with E-state index >= 15 is 0 Å². The Hall–Kier alpha value is -1.87. The molecule has 3 rings (SSSR count). The monoisotopic (exact) mass is 326 g/mol. The van der Waals surface area contributed by atoms with Gasteiger partial charge in [0.1, 0.15) is 0 Å². The van der Waals surface area contributed by atoms with Crippen molar-refractivity contribution in [2.75, 3.05) is 5.32 Å². The van der Waals surface area contributed by atoms with E-state index in [1.54, 1.807) is 0 Å². The first-order chi connectivity index (χ1) is 9.75. The van der Waals surface area contributed by atoms with Crippen LogP contribution in [0, 0.1) is 6.92 Å². The summed E-state index contributed by atoms with van der Waals surface area (Å²) in [6.07, 6.45) is 1.87. The van der Waals surface area contributed by atoms with Crippen LogP contribution in [0.15, 0.2) is 59.2 Å². The molecule has 1 N–H and O–H groups in total. The third-order valence-corrected chi connectivity index (χ3v) is 4.34. The van der Waals surface area contributed by atoms with E-state index in [9.17, 15) is 0 Å². The second kappa shape index (κ2) is 5.63. The fourth-order valence-corrected chi connectivity index (χ4v) is 2.66. The number of rotatable bonds is 3. The minimum absolute atomic E-state index is 0.792. The maximum Gasteiger partial charge on any atom is 0.0705 e. The lowest BCUT2D eigenvalue weighted by molar-refractivity contribution is 1.14. The molecule has 100 valence electrons. The highest BCUT2D eigenvalue weighted by Gasteiger charge is 2.04. The Bertz CT molecular complexity index is 748. The molecule has 0 aliphatic heterocycles. The molecule has 1 aromatic heterocycles. The molecule has 0 unspecified atom stereocenters. The van der Waals surface area contributed by atoms with Gasteiger partial charge in [0.2, 0.25) is 0 Å². The van der Waals surface area contributed by atoms with Crippen molar-refractivity contribution in [1.29, 1.82) is 0 Å². The van der Waals surface area contributed by atoms with Gasteiger partial charge in [-0.2, -0.15) is 0 Å². The third-order valence-electron chi connectivity index (χ3n) is 3.48. The van der Waals surface area contributed by atoms with Crippen molar-refractivity contribution < 1.29 is 0 Å². The van der Waals surface area contributed by atoms with Crippen LogP contribution >= 0.6 is 15.9 Å². The number of pyridine rings is 1. The zero-order chi connectivity index (χ0) is 13.9. The van der Waals surface area contributed by atoms with Crippen molar-refractivity contribution in [3.8, 4) is 0 Å². The number of benzene rings is 2. The minimum atomic E-state index is 0.792. The molecule has 2 nitrogen and oxygen atoms in total. The molecular weight excluding hydrogens is 312 g/mol. The van der Waals surface area contributed by atoms with E-state index < -0.39 is 0 Å². The first-order valence-electron chi connectivity index (χ1n) is 6.57. The smallest absolute Gasteiger partial charge is 0.0705 e. The van der Waals surface area contributed by atoms with Crippen molar-refractivity contribution in [3.63, 3.8) is 0 Å². The van der Waals surface area contributed by atoms with Gasteiger partial charge in [-0.15, -0.1) is 0 Å². The van der Waals surface area contributed by atoms with Gasteiger partial charge in [-0.3, -0.25) is 4.98 Å². The molecule has 0 saturated carbocycles. The minimum Gasteiger partial charge on any atom is -0.381 e. The Morgan fingerprint density at radius 3 is 2.80 bits per heavy atom. The third kappa shape index (κ3) is 2.54.